The Labute approximate surface area is 168 Å². The molecule has 0 aliphatic heterocycles. The SMILES string of the molecule is CC(C)(C)OC(=O)N(C(=O)OC(C)(C)C)c1ccnc(C(=O)[O-])c1.[Na+]. The largest absolute Gasteiger partial charge is 1.00 e. The summed E-state index contributed by atoms with van der Waals surface area (Å²) in [6.45, 7) is 9.82. The first-order valence-corrected chi connectivity index (χ1v) is 7.23. The first-order valence-electron chi connectivity index (χ1n) is 7.23. The molecule has 0 atom stereocenters. The number of aromatic carboxylic acids is 1. The molecule has 0 unspecified atom stereocenters. The van der Waals surface area contributed by atoms with Crippen molar-refractivity contribution < 1.29 is 58.5 Å². The van der Waals surface area contributed by atoms with E-state index < -0.39 is 35.1 Å². The number of nitrogens with zero attached hydrogens (tertiary/aromatic N) is 2. The maximum absolute atomic E-state index is 12.4. The van der Waals surface area contributed by atoms with Gasteiger partial charge in [-0.1, -0.05) is 0 Å². The number of ether oxygens (including phenoxy) is 2. The van der Waals surface area contributed by atoms with E-state index in [9.17, 15) is 19.5 Å². The van der Waals surface area contributed by atoms with E-state index in [-0.39, 0.29) is 35.2 Å². The summed E-state index contributed by atoms with van der Waals surface area (Å²) in [5.41, 5.74) is -2.19. The molecule has 1 rings (SSSR count). The number of imide groups is 1. The summed E-state index contributed by atoms with van der Waals surface area (Å²) < 4.78 is 10.4. The number of carbonyl (C=O) groups excluding carboxylic acids is 3. The number of amides is 2. The number of pyridine rings is 1. The summed E-state index contributed by atoms with van der Waals surface area (Å²) >= 11 is 0. The van der Waals surface area contributed by atoms with Crippen molar-refractivity contribution in [1.29, 1.82) is 0 Å². The number of hydrogen-bond donors (Lipinski definition) is 0. The van der Waals surface area contributed by atoms with Gasteiger partial charge in [-0.25, -0.2) is 9.59 Å². The number of carboxylic acids is 1. The second kappa shape index (κ2) is 8.64. The smallest absolute Gasteiger partial charge is 0.543 e. The van der Waals surface area contributed by atoms with E-state index in [1.165, 1.54) is 6.07 Å². The van der Waals surface area contributed by atoms with E-state index in [2.05, 4.69) is 4.98 Å². The first kappa shape index (κ1) is 23.4. The Morgan fingerprint density at radius 3 is 1.80 bits per heavy atom. The predicted octanol–water partition coefficient (Wildman–Crippen LogP) is -0.874. The van der Waals surface area contributed by atoms with E-state index in [0.29, 0.717) is 4.90 Å². The van der Waals surface area contributed by atoms with Crippen LogP contribution >= 0.6 is 0 Å². The van der Waals surface area contributed by atoms with Crippen molar-refractivity contribution in [2.45, 2.75) is 52.7 Å². The molecule has 0 saturated carbocycles. The summed E-state index contributed by atoms with van der Waals surface area (Å²) in [5.74, 6) is -1.54. The second-order valence-corrected chi connectivity index (χ2v) is 6.98. The van der Waals surface area contributed by atoms with Crippen LogP contribution in [0.4, 0.5) is 15.3 Å². The minimum absolute atomic E-state index is 0. The third-order valence-corrected chi connectivity index (χ3v) is 2.36. The minimum atomic E-state index is -1.54. The monoisotopic (exact) mass is 360 g/mol. The van der Waals surface area contributed by atoms with Crippen LogP contribution in [0.2, 0.25) is 0 Å². The minimum Gasteiger partial charge on any atom is -0.543 e. The Kier molecular flexibility index (Phi) is 8.07. The molecule has 1 aromatic rings. The fourth-order valence-corrected chi connectivity index (χ4v) is 1.57. The fourth-order valence-electron chi connectivity index (χ4n) is 1.57. The Morgan fingerprint density at radius 2 is 1.44 bits per heavy atom. The van der Waals surface area contributed by atoms with Crippen molar-refractivity contribution in [2.24, 2.45) is 0 Å². The fraction of sp³-hybridized carbons (Fsp3) is 0.500. The van der Waals surface area contributed by atoms with Gasteiger partial charge in [-0.05, 0) is 53.7 Å². The van der Waals surface area contributed by atoms with Gasteiger partial charge in [0.1, 0.15) is 11.2 Å². The molecule has 8 nitrogen and oxygen atoms in total. The van der Waals surface area contributed by atoms with Gasteiger partial charge in [0.25, 0.3) is 0 Å². The van der Waals surface area contributed by atoms with Gasteiger partial charge >= 0.3 is 41.7 Å². The summed E-state index contributed by atoms with van der Waals surface area (Å²) in [7, 11) is 0. The van der Waals surface area contributed by atoms with Crippen LogP contribution in [0.15, 0.2) is 18.3 Å². The average molecular weight is 360 g/mol. The van der Waals surface area contributed by atoms with E-state index >= 15 is 0 Å². The van der Waals surface area contributed by atoms with Gasteiger partial charge in [-0.15, -0.1) is 0 Å². The van der Waals surface area contributed by atoms with Gasteiger partial charge in [0.15, 0.2) is 0 Å². The standard InChI is InChI=1S/C16H22N2O6.Na/c1-15(2,3)23-13(21)18(14(22)24-16(4,5)6)10-7-8-17-11(9-10)12(19)20;/h7-9H,1-6H3,(H,19,20);/q;+1/p-1. The number of anilines is 1. The van der Waals surface area contributed by atoms with Gasteiger partial charge in [-0.3, -0.25) is 4.98 Å². The summed E-state index contributed by atoms with van der Waals surface area (Å²) in [6.07, 6.45) is -0.846. The Bertz CT molecular complexity index is 621. The molecule has 0 radical (unpaired) electrons. The molecule has 1 heterocycles. The number of carboxylic acid groups (broad SMARTS) is 1. The van der Waals surface area contributed by atoms with Crippen molar-refractivity contribution in [3.05, 3.63) is 24.0 Å². The Balaban J connectivity index is 0.00000576. The van der Waals surface area contributed by atoms with Crippen LogP contribution in [0.25, 0.3) is 0 Å². The maximum Gasteiger partial charge on any atom is 1.00 e. The number of rotatable bonds is 2. The molecule has 0 bridgehead atoms. The van der Waals surface area contributed by atoms with Crippen LogP contribution in [0.3, 0.4) is 0 Å². The zero-order chi connectivity index (χ0) is 18.7. The molecule has 0 aliphatic carbocycles. The normalized spacial score (nSPS) is 11.1. The van der Waals surface area contributed by atoms with E-state index in [1.54, 1.807) is 41.5 Å². The Hall–Kier alpha value is -1.64. The van der Waals surface area contributed by atoms with Crippen molar-refractivity contribution >= 4 is 23.8 Å². The third kappa shape index (κ3) is 7.85. The topological polar surface area (TPSA) is 109 Å². The quantitative estimate of drug-likeness (QED) is 0.631. The molecule has 0 spiro atoms. The summed E-state index contributed by atoms with van der Waals surface area (Å²) in [4.78, 5) is 39.9. The van der Waals surface area contributed by atoms with E-state index in [4.69, 9.17) is 9.47 Å². The van der Waals surface area contributed by atoms with Crippen molar-refractivity contribution in [2.75, 3.05) is 4.90 Å². The van der Waals surface area contributed by atoms with Gasteiger partial charge in [0, 0.05) is 6.20 Å². The van der Waals surface area contributed by atoms with Crippen LogP contribution in [-0.4, -0.2) is 34.3 Å². The van der Waals surface area contributed by atoms with Gasteiger partial charge in [0.05, 0.1) is 17.4 Å². The molecular formula is C16H21N2NaO6. The summed E-state index contributed by atoms with van der Waals surface area (Å²) in [5, 5.41) is 10.9. The Morgan fingerprint density at radius 1 is 1.00 bits per heavy atom. The third-order valence-electron chi connectivity index (χ3n) is 2.36. The first-order chi connectivity index (χ1) is 10.8. The molecule has 132 valence electrons. The van der Waals surface area contributed by atoms with Gasteiger partial charge < -0.3 is 19.4 Å². The van der Waals surface area contributed by atoms with Gasteiger partial charge in [0.2, 0.25) is 0 Å². The predicted molar refractivity (Wildman–Crippen MR) is 83.5 cm³/mol. The number of hydrogen-bond acceptors (Lipinski definition) is 7. The molecule has 9 heteroatoms. The average Bonchev–Trinajstić information content (AvgIpc) is 2.34. The zero-order valence-corrected chi connectivity index (χ0v) is 17.6. The zero-order valence-electron chi connectivity index (χ0n) is 15.6. The van der Waals surface area contributed by atoms with Crippen molar-refractivity contribution in [3.8, 4) is 0 Å². The van der Waals surface area contributed by atoms with Crippen molar-refractivity contribution in [3.63, 3.8) is 0 Å². The molecule has 2 amide bonds. The maximum atomic E-state index is 12.4. The molecule has 0 fully saturated rings. The van der Waals surface area contributed by atoms with Crippen LogP contribution < -0.4 is 39.6 Å². The molecule has 1 aromatic heterocycles. The second-order valence-electron chi connectivity index (χ2n) is 6.98. The van der Waals surface area contributed by atoms with Crippen LogP contribution in [0.1, 0.15) is 52.0 Å². The molecule has 0 aromatic carbocycles. The molecule has 0 N–H and O–H groups in total. The molecule has 0 saturated heterocycles. The molecular weight excluding hydrogens is 339 g/mol. The van der Waals surface area contributed by atoms with Gasteiger partial charge in [-0.2, -0.15) is 4.90 Å². The summed E-state index contributed by atoms with van der Waals surface area (Å²) in [6, 6.07) is 2.32. The van der Waals surface area contributed by atoms with Crippen LogP contribution in [-0.2, 0) is 9.47 Å². The molecule has 0 aliphatic rings. The van der Waals surface area contributed by atoms with Crippen LogP contribution in [0.5, 0.6) is 0 Å². The van der Waals surface area contributed by atoms with Crippen LogP contribution in [0, 0.1) is 0 Å². The van der Waals surface area contributed by atoms with E-state index in [1.807, 2.05) is 0 Å². The number of aromatic nitrogens is 1. The van der Waals surface area contributed by atoms with E-state index in [0.717, 1.165) is 12.3 Å². The number of carbonyl (C=O) groups is 3. The molecule has 25 heavy (non-hydrogen) atoms. The van der Waals surface area contributed by atoms with Crippen molar-refractivity contribution in [1.82, 2.24) is 4.98 Å².